The number of rotatable bonds is 5. The number of benzene rings is 2. The van der Waals surface area contributed by atoms with E-state index in [-0.39, 0.29) is 11.3 Å². The summed E-state index contributed by atoms with van der Waals surface area (Å²) in [5, 5.41) is 15.8. The molecule has 0 fully saturated rings. The highest BCUT2D eigenvalue weighted by atomic mass is 32.2. The van der Waals surface area contributed by atoms with Gasteiger partial charge in [0.2, 0.25) is 0 Å². The number of carbonyl (C=O) groups is 2. The number of anilines is 1. The SMILES string of the molecule is Cn1cc(C(=O)Nc2ccccc2Sc2ccccc2)c(C(=O)O)n1. The van der Waals surface area contributed by atoms with Gasteiger partial charge in [-0.15, -0.1) is 0 Å². The van der Waals surface area contributed by atoms with E-state index in [0.717, 1.165) is 9.79 Å². The molecule has 2 aromatic carbocycles. The van der Waals surface area contributed by atoms with E-state index in [4.69, 9.17) is 0 Å². The Hall–Kier alpha value is -3.06. The molecular weight excluding hydrogens is 338 g/mol. The number of carbonyl (C=O) groups excluding carboxylic acids is 1. The fourth-order valence-electron chi connectivity index (χ4n) is 2.28. The van der Waals surface area contributed by atoms with E-state index < -0.39 is 11.9 Å². The van der Waals surface area contributed by atoms with Crippen LogP contribution >= 0.6 is 11.8 Å². The zero-order valence-electron chi connectivity index (χ0n) is 13.3. The first kappa shape index (κ1) is 16.8. The maximum atomic E-state index is 12.5. The molecule has 0 atom stereocenters. The van der Waals surface area contributed by atoms with Gasteiger partial charge in [0.15, 0.2) is 5.69 Å². The van der Waals surface area contributed by atoms with Gasteiger partial charge >= 0.3 is 5.97 Å². The number of aryl methyl sites for hydroxylation is 1. The second kappa shape index (κ2) is 7.23. The van der Waals surface area contributed by atoms with Crippen molar-refractivity contribution in [1.29, 1.82) is 0 Å². The lowest BCUT2D eigenvalue weighted by Crippen LogP contribution is -2.15. The number of aromatic nitrogens is 2. The Kier molecular flexibility index (Phi) is 4.85. The Balaban J connectivity index is 1.86. The zero-order chi connectivity index (χ0) is 17.8. The van der Waals surface area contributed by atoms with Crippen molar-refractivity contribution in [2.45, 2.75) is 9.79 Å². The first-order valence-electron chi connectivity index (χ1n) is 7.45. The second-order valence-electron chi connectivity index (χ2n) is 5.24. The molecule has 6 nitrogen and oxygen atoms in total. The van der Waals surface area contributed by atoms with Crippen LogP contribution in [0.1, 0.15) is 20.8 Å². The number of carboxylic acid groups (broad SMARTS) is 1. The fourth-order valence-corrected chi connectivity index (χ4v) is 3.20. The number of nitrogens with one attached hydrogen (secondary N) is 1. The van der Waals surface area contributed by atoms with Crippen LogP contribution in [0, 0.1) is 0 Å². The van der Waals surface area contributed by atoms with E-state index in [0.29, 0.717) is 5.69 Å². The third-order valence-corrected chi connectivity index (χ3v) is 4.47. The first-order valence-corrected chi connectivity index (χ1v) is 8.26. The van der Waals surface area contributed by atoms with Gasteiger partial charge in [-0.3, -0.25) is 9.48 Å². The van der Waals surface area contributed by atoms with Gasteiger partial charge in [0.05, 0.1) is 11.3 Å². The molecule has 1 heterocycles. The quantitative estimate of drug-likeness (QED) is 0.733. The molecule has 0 saturated heterocycles. The number of carboxylic acids is 1. The molecule has 3 rings (SSSR count). The van der Waals surface area contributed by atoms with E-state index >= 15 is 0 Å². The van der Waals surface area contributed by atoms with Crippen molar-refractivity contribution in [2.75, 3.05) is 5.32 Å². The minimum Gasteiger partial charge on any atom is -0.476 e. The van der Waals surface area contributed by atoms with Crippen LogP contribution in [0.3, 0.4) is 0 Å². The van der Waals surface area contributed by atoms with Crippen LogP contribution in [0.2, 0.25) is 0 Å². The lowest BCUT2D eigenvalue weighted by Gasteiger charge is -2.10. The molecule has 0 aliphatic heterocycles. The van der Waals surface area contributed by atoms with Gasteiger partial charge in [0.25, 0.3) is 5.91 Å². The second-order valence-corrected chi connectivity index (χ2v) is 6.35. The van der Waals surface area contributed by atoms with Crippen LogP contribution in [-0.2, 0) is 7.05 Å². The molecule has 1 amide bonds. The van der Waals surface area contributed by atoms with Gasteiger partial charge < -0.3 is 10.4 Å². The fraction of sp³-hybridized carbons (Fsp3) is 0.0556. The van der Waals surface area contributed by atoms with Crippen LogP contribution < -0.4 is 5.32 Å². The summed E-state index contributed by atoms with van der Waals surface area (Å²) in [5.41, 5.74) is 0.365. The highest BCUT2D eigenvalue weighted by Crippen LogP contribution is 2.33. The number of hydrogen-bond acceptors (Lipinski definition) is 4. The van der Waals surface area contributed by atoms with Crippen molar-refractivity contribution in [3.05, 3.63) is 72.1 Å². The number of para-hydroxylation sites is 1. The summed E-state index contributed by atoms with van der Waals surface area (Å²) in [4.78, 5) is 25.7. The molecule has 0 bridgehead atoms. The summed E-state index contributed by atoms with van der Waals surface area (Å²) >= 11 is 1.52. The van der Waals surface area contributed by atoms with Crippen LogP contribution in [-0.4, -0.2) is 26.8 Å². The van der Waals surface area contributed by atoms with E-state index in [2.05, 4.69) is 10.4 Å². The smallest absolute Gasteiger partial charge is 0.357 e. The molecular formula is C18H15N3O3S. The molecule has 126 valence electrons. The van der Waals surface area contributed by atoms with Gasteiger partial charge in [-0.25, -0.2) is 4.79 Å². The molecule has 1 aromatic heterocycles. The maximum absolute atomic E-state index is 12.5. The van der Waals surface area contributed by atoms with Crippen LogP contribution in [0.15, 0.2) is 70.6 Å². The van der Waals surface area contributed by atoms with Gasteiger partial charge in [-0.2, -0.15) is 5.10 Å². The average Bonchev–Trinajstić information content (AvgIpc) is 3.00. The van der Waals surface area contributed by atoms with Gasteiger partial charge in [0.1, 0.15) is 0 Å². The summed E-state index contributed by atoms with van der Waals surface area (Å²) in [7, 11) is 1.57. The van der Waals surface area contributed by atoms with Crippen molar-refractivity contribution in [1.82, 2.24) is 9.78 Å². The van der Waals surface area contributed by atoms with Crippen LogP contribution in [0.5, 0.6) is 0 Å². The molecule has 0 radical (unpaired) electrons. The van der Waals surface area contributed by atoms with E-state index in [9.17, 15) is 14.7 Å². The molecule has 3 aromatic rings. The predicted octanol–water partition coefficient (Wildman–Crippen LogP) is 3.52. The third-order valence-electron chi connectivity index (χ3n) is 3.38. The van der Waals surface area contributed by atoms with Crippen molar-refractivity contribution in [3.63, 3.8) is 0 Å². The lowest BCUT2D eigenvalue weighted by atomic mass is 10.2. The highest BCUT2D eigenvalue weighted by Gasteiger charge is 2.21. The molecule has 7 heteroatoms. The molecule has 0 spiro atoms. The van der Waals surface area contributed by atoms with Gasteiger partial charge in [-0.1, -0.05) is 42.1 Å². The lowest BCUT2D eigenvalue weighted by molar-refractivity contribution is 0.0685. The summed E-state index contributed by atoms with van der Waals surface area (Å²) in [6.07, 6.45) is 1.39. The van der Waals surface area contributed by atoms with E-state index in [1.807, 2.05) is 48.5 Å². The first-order chi connectivity index (χ1) is 12.0. The summed E-state index contributed by atoms with van der Waals surface area (Å²) < 4.78 is 1.31. The monoisotopic (exact) mass is 353 g/mol. The third kappa shape index (κ3) is 3.89. The Labute approximate surface area is 148 Å². The van der Waals surface area contributed by atoms with Crippen molar-refractivity contribution in [3.8, 4) is 0 Å². The Morgan fingerprint density at radius 2 is 1.76 bits per heavy atom. The Bertz CT molecular complexity index is 922. The zero-order valence-corrected chi connectivity index (χ0v) is 14.2. The average molecular weight is 353 g/mol. The van der Waals surface area contributed by atoms with Crippen molar-refractivity contribution in [2.24, 2.45) is 7.05 Å². The van der Waals surface area contributed by atoms with Crippen molar-refractivity contribution < 1.29 is 14.7 Å². The topological polar surface area (TPSA) is 84.2 Å². The Morgan fingerprint density at radius 1 is 1.08 bits per heavy atom. The minimum atomic E-state index is -1.24. The van der Waals surface area contributed by atoms with E-state index in [1.54, 1.807) is 13.1 Å². The van der Waals surface area contributed by atoms with Gasteiger partial charge in [0, 0.05) is 23.0 Å². The normalized spacial score (nSPS) is 10.4. The predicted molar refractivity (Wildman–Crippen MR) is 95.1 cm³/mol. The molecule has 25 heavy (non-hydrogen) atoms. The summed E-state index contributed by atoms with van der Waals surface area (Å²) in [6.45, 7) is 0. The highest BCUT2D eigenvalue weighted by molar-refractivity contribution is 7.99. The molecule has 0 aliphatic carbocycles. The molecule has 0 unspecified atom stereocenters. The number of amides is 1. The summed E-state index contributed by atoms with van der Waals surface area (Å²) in [6, 6.07) is 17.2. The largest absolute Gasteiger partial charge is 0.476 e. The number of hydrogen-bond donors (Lipinski definition) is 2. The Morgan fingerprint density at radius 3 is 2.48 bits per heavy atom. The molecule has 2 N–H and O–H groups in total. The van der Waals surface area contributed by atoms with Crippen molar-refractivity contribution >= 4 is 29.3 Å². The number of aromatic carboxylic acids is 1. The van der Waals surface area contributed by atoms with E-state index in [1.165, 1.54) is 22.6 Å². The minimum absolute atomic E-state index is 0.0227. The standard InChI is InChI=1S/C18H15N3O3S/c1-21-11-13(16(20-21)18(23)24)17(22)19-14-9-5-6-10-15(14)25-12-7-3-2-4-8-12/h2-11H,1H3,(H,19,22)(H,23,24). The molecule has 0 aliphatic rings. The van der Waals surface area contributed by atoms with Crippen LogP contribution in [0.25, 0.3) is 0 Å². The number of nitrogens with zero attached hydrogens (tertiary/aromatic N) is 2. The summed E-state index contributed by atoms with van der Waals surface area (Å²) in [5.74, 6) is -1.75. The van der Waals surface area contributed by atoms with Crippen LogP contribution in [0.4, 0.5) is 5.69 Å². The van der Waals surface area contributed by atoms with Gasteiger partial charge in [-0.05, 0) is 24.3 Å². The maximum Gasteiger partial charge on any atom is 0.357 e. The molecule has 0 saturated carbocycles.